The highest BCUT2D eigenvalue weighted by Crippen LogP contribution is 2.25. The number of nitrogens with zero attached hydrogens (tertiary/aromatic N) is 3. The Bertz CT molecular complexity index is 1420. The van der Waals surface area contributed by atoms with Crippen LogP contribution in [-0.2, 0) is 0 Å². The second-order valence-electron chi connectivity index (χ2n) is 7.33. The Morgan fingerprint density at radius 2 is 1.66 bits per heavy atom. The number of aryl methyl sites for hydroxylation is 1. The van der Waals surface area contributed by atoms with E-state index in [0.717, 1.165) is 27.8 Å². The third kappa shape index (κ3) is 3.70. The number of carbonyl (C=O) groups excluding carboxylic acids is 1. The van der Waals surface area contributed by atoms with Crippen LogP contribution in [0.15, 0.2) is 101 Å². The molecule has 0 unspecified atom stereocenters. The maximum Gasteiger partial charge on any atom is 0.307 e. The van der Waals surface area contributed by atoms with Crippen LogP contribution in [0.4, 0.5) is 0 Å². The minimum absolute atomic E-state index is 0.251. The Morgan fingerprint density at radius 1 is 0.969 bits per heavy atom. The summed E-state index contributed by atoms with van der Waals surface area (Å²) in [5.74, 6) is -0.153. The molecule has 3 aromatic carbocycles. The van der Waals surface area contributed by atoms with Crippen molar-refractivity contribution in [3.8, 4) is 16.8 Å². The SMILES string of the molecule is Cc1c(C(=O)N/N=C/c2nn(-c3ccccc3)cc2-c2ccccc2)oc2ccccc12. The van der Waals surface area contributed by atoms with Gasteiger partial charge < -0.3 is 4.42 Å². The summed E-state index contributed by atoms with van der Waals surface area (Å²) < 4.78 is 7.51. The zero-order valence-corrected chi connectivity index (χ0v) is 17.4. The highest BCUT2D eigenvalue weighted by atomic mass is 16.3. The van der Waals surface area contributed by atoms with Crippen LogP contribution in [0.3, 0.4) is 0 Å². The molecule has 0 atom stereocenters. The van der Waals surface area contributed by atoms with Gasteiger partial charge in [-0.3, -0.25) is 4.79 Å². The summed E-state index contributed by atoms with van der Waals surface area (Å²) in [4.78, 5) is 12.7. The number of carbonyl (C=O) groups is 1. The lowest BCUT2D eigenvalue weighted by Crippen LogP contribution is -2.17. The fourth-order valence-corrected chi connectivity index (χ4v) is 3.63. The number of fused-ring (bicyclic) bond motifs is 1. The van der Waals surface area contributed by atoms with Crippen molar-refractivity contribution in [1.29, 1.82) is 0 Å². The molecule has 0 saturated heterocycles. The van der Waals surface area contributed by atoms with Crippen molar-refractivity contribution in [1.82, 2.24) is 15.2 Å². The van der Waals surface area contributed by atoms with E-state index in [9.17, 15) is 4.79 Å². The zero-order valence-electron chi connectivity index (χ0n) is 17.4. The highest BCUT2D eigenvalue weighted by molar-refractivity contribution is 5.99. The van der Waals surface area contributed by atoms with Gasteiger partial charge in [-0.2, -0.15) is 10.2 Å². The van der Waals surface area contributed by atoms with E-state index in [4.69, 9.17) is 4.42 Å². The van der Waals surface area contributed by atoms with E-state index in [1.165, 1.54) is 0 Å². The fraction of sp³-hybridized carbons (Fsp3) is 0.0385. The third-order valence-corrected chi connectivity index (χ3v) is 5.25. The third-order valence-electron chi connectivity index (χ3n) is 5.25. The van der Waals surface area contributed by atoms with Crippen molar-refractivity contribution in [3.05, 3.63) is 108 Å². The van der Waals surface area contributed by atoms with Crippen LogP contribution in [0.25, 0.3) is 27.8 Å². The van der Waals surface area contributed by atoms with Crippen molar-refractivity contribution in [3.63, 3.8) is 0 Å². The average Bonchev–Trinajstić information content (AvgIpc) is 3.42. The Balaban J connectivity index is 1.44. The van der Waals surface area contributed by atoms with Crippen molar-refractivity contribution >= 4 is 23.1 Å². The van der Waals surface area contributed by atoms with Crippen LogP contribution in [0, 0.1) is 6.92 Å². The predicted octanol–water partition coefficient (Wildman–Crippen LogP) is 5.36. The number of furan rings is 1. The topological polar surface area (TPSA) is 72.4 Å². The maximum absolute atomic E-state index is 12.7. The summed E-state index contributed by atoms with van der Waals surface area (Å²) in [6.45, 7) is 1.86. The second kappa shape index (κ2) is 8.35. The molecule has 0 aliphatic rings. The van der Waals surface area contributed by atoms with Crippen LogP contribution in [0.5, 0.6) is 0 Å². The van der Waals surface area contributed by atoms with Gasteiger partial charge in [0.1, 0.15) is 11.3 Å². The first-order valence-corrected chi connectivity index (χ1v) is 10.2. The molecule has 2 heterocycles. The van der Waals surface area contributed by atoms with Crippen LogP contribution in [-0.4, -0.2) is 21.9 Å². The molecule has 0 saturated carbocycles. The highest BCUT2D eigenvalue weighted by Gasteiger charge is 2.17. The van der Waals surface area contributed by atoms with Crippen LogP contribution < -0.4 is 5.43 Å². The molecule has 1 N–H and O–H groups in total. The number of para-hydroxylation sites is 2. The van der Waals surface area contributed by atoms with E-state index in [2.05, 4.69) is 15.6 Å². The van der Waals surface area contributed by atoms with Gasteiger partial charge in [-0.1, -0.05) is 66.7 Å². The molecule has 5 aromatic rings. The van der Waals surface area contributed by atoms with Crippen LogP contribution in [0.2, 0.25) is 0 Å². The molecule has 0 aliphatic heterocycles. The molecule has 2 aromatic heterocycles. The molecule has 0 bridgehead atoms. The van der Waals surface area contributed by atoms with Crippen molar-refractivity contribution in [2.24, 2.45) is 5.10 Å². The fourth-order valence-electron chi connectivity index (χ4n) is 3.63. The van der Waals surface area contributed by atoms with Gasteiger partial charge in [0.05, 0.1) is 11.9 Å². The lowest BCUT2D eigenvalue weighted by Gasteiger charge is -1.99. The molecule has 1 amide bonds. The Labute approximate surface area is 184 Å². The van der Waals surface area contributed by atoms with Crippen molar-refractivity contribution < 1.29 is 9.21 Å². The molecule has 5 rings (SSSR count). The maximum atomic E-state index is 12.7. The average molecular weight is 420 g/mol. The van der Waals surface area contributed by atoms with E-state index in [1.54, 1.807) is 10.9 Å². The summed E-state index contributed by atoms with van der Waals surface area (Å²) in [5.41, 5.74) is 7.52. The zero-order chi connectivity index (χ0) is 21.9. The summed E-state index contributed by atoms with van der Waals surface area (Å²) in [7, 11) is 0. The van der Waals surface area contributed by atoms with Gasteiger partial charge in [-0.25, -0.2) is 10.1 Å². The molecule has 0 aliphatic carbocycles. The minimum atomic E-state index is -0.404. The van der Waals surface area contributed by atoms with Gasteiger partial charge in [-0.15, -0.1) is 0 Å². The van der Waals surface area contributed by atoms with E-state index in [1.807, 2.05) is 98.0 Å². The first-order chi connectivity index (χ1) is 15.7. The number of benzene rings is 3. The first kappa shape index (κ1) is 19.5. The molecule has 0 fully saturated rings. The molecular weight excluding hydrogens is 400 g/mol. The minimum Gasteiger partial charge on any atom is -0.451 e. The number of nitrogens with one attached hydrogen (secondary N) is 1. The van der Waals surface area contributed by atoms with E-state index >= 15 is 0 Å². The normalized spacial score (nSPS) is 11.3. The van der Waals surface area contributed by atoms with Crippen molar-refractivity contribution in [2.45, 2.75) is 6.92 Å². The Hall–Kier alpha value is -4.45. The Kier molecular flexibility index (Phi) is 5.09. The van der Waals surface area contributed by atoms with Gasteiger partial charge in [0.25, 0.3) is 0 Å². The predicted molar refractivity (Wildman–Crippen MR) is 125 cm³/mol. The van der Waals surface area contributed by atoms with Gasteiger partial charge >= 0.3 is 5.91 Å². The number of aromatic nitrogens is 2. The molecular formula is C26H20N4O2. The standard InChI is InChI=1S/C26H20N4O2/c1-18-21-14-8-9-15-24(21)32-25(18)26(31)28-27-16-23-22(19-10-4-2-5-11-19)17-30(29-23)20-12-6-3-7-13-20/h2-17H,1H3,(H,28,31)/b27-16+. The number of hydrogen-bond acceptors (Lipinski definition) is 4. The number of hydrogen-bond donors (Lipinski definition) is 1. The molecule has 32 heavy (non-hydrogen) atoms. The summed E-state index contributed by atoms with van der Waals surface area (Å²) >= 11 is 0. The molecule has 6 heteroatoms. The lowest BCUT2D eigenvalue weighted by atomic mass is 10.1. The molecule has 156 valence electrons. The molecule has 6 nitrogen and oxygen atoms in total. The summed E-state index contributed by atoms with van der Waals surface area (Å²) in [5, 5.41) is 9.75. The second-order valence-corrected chi connectivity index (χ2v) is 7.33. The van der Waals surface area contributed by atoms with E-state index < -0.39 is 5.91 Å². The molecule has 0 radical (unpaired) electrons. The first-order valence-electron chi connectivity index (χ1n) is 10.2. The number of rotatable bonds is 5. The van der Waals surface area contributed by atoms with E-state index in [-0.39, 0.29) is 5.76 Å². The van der Waals surface area contributed by atoms with Gasteiger partial charge in [-0.05, 0) is 30.7 Å². The quantitative estimate of drug-likeness (QED) is 0.307. The van der Waals surface area contributed by atoms with E-state index in [0.29, 0.717) is 11.3 Å². The number of hydrazone groups is 1. The smallest absolute Gasteiger partial charge is 0.307 e. The van der Waals surface area contributed by atoms with Gasteiger partial charge in [0.15, 0.2) is 5.76 Å². The lowest BCUT2D eigenvalue weighted by molar-refractivity contribution is 0.0929. The summed E-state index contributed by atoms with van der Waals surface area (Å²) in [6.07, 6.45) is 3.51. The van der Waals surface area contributed by atoms with Crippen LogP contribution in [0.1, 0.15) is 21.8 Å². The Morgan fingerprint density at radius 3 is 2.41 bits per heavy atom. The van der Waals surface area contributed by atoms with Gasteiger partial charge in [0.2, 0.25) is 0 Å². The largest absolute Gasteiger partial charge is 0.451 e. The molecule has 0 spiro atoms. The summed E-state index contributed by atoms with van der Waals surface area (Å²) in [6, 6.07) is 27.3. The number of amides is 1. The monoisotopic (exact) mass is 420 g/mol. The van der Waals surface area contributed by atoms with Crippen LogP contribution >= 0.6 is 0 Å². The van der Waals surface area contributed by atoms with Gasteiger partial charge in [0, 0.05) is 22.7 Å². The van der Waals surface area contributed by atoms with Crippen molar-refractivity contribution in [2.75, 3.05) is 0 Å².